The number of ketones is 3. The largest absolute Gasteiger partial charge is 0.417 e. The molecule has 0 bridgehead atoms. The average molecular weight is 1880 g/mol. The Morgan fingerprint density at radius 2 is 0.857 bits per heavy atom. The minimum absolute atomic E-state index is 0. The van der Waals surface area contributed by atoms with Gasteiger partial charge in [0.15, 0.2) is 68.3 Å². The van der Waals surface area contributed by atoms with Crippen LogP contribution in [0, 0.1) is 145 Å². The molecule has 0 amide bonds. The Hall–Kier alpha value is -6.22. The fourth-order valence-corrected chi connectivity index (χ4v) is 29.0. The topological polar surface area (TPSA) is 255 Å². The summed E-state index contributed by atoms with van der Waals surface area (Å²) in [5, 5.41) is 54.3. The summed E-state index contributed by atoms with van der Waals surface area (Å²) in [5.74, 6) is -2.29. The predicted octanol–water partition coefficient (Wildman–Crippen LogP) is 20.7. The number of Topliss-reactive ketones (excluding diaryl/α,β-unsaturated/α-hetero) is 3. The molecule has 0 radical (unpaired) electrons. The number of carbonyl (C=O) groups is 3. The smallest absolute Gasteiger partial charge is 0.384 e. The first-order chi connectivity index (χ1) is 58.2. The van der Waals surface area contributed by atoms with Crippen LogP contribution in [-0.2, 0) is 41.7 Å². The molecule has 6 aromatic rings. The van der Waals surface area contributed by atoms with E-state index in [1.165, 1.54) is 16.8 Å². The number of aromatic amines is 1. The number of fused-ring (bicyclic) bond motifs is 18. The summed E-state index contributed by atoms with van der Waals surface area (Å²) in [6.07, 6.45) is 5.01. The van der Waals surface area contributed by atoms with Crippen molar-refractivity contribution in [3.63, 3.8) is 0 Å². The number of hydrogen-bond donors (Lipinski definition) is 4. The molecule has 12 aliphatic rings. The maximum atomic E-state index is 14.1. The van der Waals surface area contributed by atoms with E-state index < -0.39 is 69.4 Å². The molecule has 4 aromatic heterocycles. The van der Waals surface area contributed by atoms with Crippen LogP contribution in [0.4, 0.5) is 80.1 Å². The van der Waals surface area contributed by atoms with Gasteiger partial charge in [-0.2, -0.15) is 54.5 Å². The number of rotatable bonds is 14. The number of nitrogens with one attached hydrogen (secondary N) is 1. The van der Waals surface area contributed by atoms with E-state index in [2.05, 4.69) is 77.4 Å². The molecule has 4 N–H and O–H groups in total. The summed E-state index contributed by atoms with van der Waals surface area (Å²) in [5.41, 5.74) is -7.86. The third-order valence-corrected chi connectivity index (χ3v) is 34.7. The molecule has 12 aliphatic carbocycles. The van der Waals surface area contributed by atoms with Crippen LogP contribution >= 0.6 is 15.9 Å². The number of carbonyl (C=O) groups excluding carboxylic acids is 3. The molecule has 19 nitrogen and oxygen atoms in total. The number of halogens is 19. The Balaban J connectivity index is 0.000000183. The summed E-state index contributed by atoms with van der Waals surface area (Å²) >= 11 is 3.35. The summed E-state index contributed by atoms with van der Waals surface area (Å²) in [7, 11) is 4.85. The Morgan fingerprint density at radius 1 is 0.476 bits per heavy atom. The monoisotopic (exact) mass is 1880 g/mol. The summed E-state index contributed by atoms with van der Waals surface area (Å²) in [4.78, 5) is 49.0. The van der Waals surface area contributed by atoms with Gasteiger partial charge in [0, 0.05) is 69.8 Å². The molecule has 0 aliphatic heterocycles. The fourth-order valence-electron chi connectivity index (χ4n) is 28.6. The lowest BCUT2D eigenvalue weighted by atomic mass is 9.43. The lowest BCUT2D eigenvalue weighted by Gasteiger charge is -2.62. The van der Waals surface area contributed by atoms with Crippen LogP contribution in [0.2, 0.25) is 0 Å². The quantitative estimate of drug-likeness (QED) is 0.0584. The Labute approximate surface area is 728 Å². The van der Waals surface area contributed by atoms with Gasteiger partial charge in [-0.3, -0.25) is 24.2 Å². The molecule has 708 valence electrons. The van der Waals surface area contributed by atoms with E-state index in [4.69, 9.17) is 32.5 Å². The number of hydrogen-bond acceptors (Lipinski definition) is 16. The van der Waals surface area contributed by atoms with Crippen molar-refractivity contribution in [2.24, 2.45) is 121 Å². The van der Waals surface area contributed by atoms with Crippen molar-refractivity contribution >= 4 is 66.5 Å². The Bertz CT molecular complexity index is 4700. The van der Waals surface area contributed by atoms with Crippen molar-refractivity contribution in [1.29, 1.82) is 0 Å². The highest BCUT2D eigenvalue weighted by Crippen LogP contribution is 2.73. The van der Waals surface area contributed by atoms with E-state index in [-0.39, 0.29) is 210 Å². The SMILES string of the molecule is C.C.COC[C@]12CC[C@](O)(C(F)(F)F)C[C@H]1CC[C@H]1[C@@H]3CC[C@H](C(=O)CBr)[C@@]3(C)CC[C@@H]12.COC[C@]12CC[C@](O)(C(F)(F)F)C[C@H]1CC[C@H]1[C@@H]3CC[C@H](C(=O)Cn4nc5ccc(F)c(F)c5n4)[C@@]3(C)CC[C@@H]12.COC[C@]12CC[C@](O)(C(F)(F)F)C[C@H]1CC[C@H]1[C@@H]3CC[C@H](C(=O)Cn4nnc5c(F)c(F)ccc54)[C@@]3(C)CC[C@@H]12.F.FF.FF.c1cnc2[nH]ncc2n1. The zero-order chi connectivity index (χ0) is 89.4. The van der Waals surface area contributed by atoms with E-state index in [0.717, 1.165) is 112 Å². The van der Waals surface area contributed by atoms with Gasteiger partial charge in [0.05, 0.1) is 36.9 Å². The highest BCUT2D eigenvalue weighted by molar-refractivity contribution is 9.09. The fraction of sp³-hybridized carbons (Fsp3) is 0.773. The molecule has 2 aromatic carbocycles. The number of aromatic nitrogens is 10. The van der Waals surface area contributed by atoms with Gasteiger partial charge in [-0.05, 0) is 301 Å². The molecule has 0 saturated heterocycles. The number of aliphatic hydroxyl groups is 3. The molecule has 4 heterocycles. The summed E-state index contributed by atoms with van der Waals surface area (Å²) in [6, 6.07) is 4.70. The maximum Gasteiger partial charge on any atom is 0.417 e. The lowest BCUT2D eigenvalue weighted by Crippen LogP contribution is -2.61. The number of ether oxygens (including phenoxy) is 3. The average Bonchev–Trinajstić information content (AvgIpc) is 1.34. The lowest BCUT2D eigenvalue weighted by molar-refractivity contribution is -0.294. The molecule has 0 spiro atoms. The van der Waals surface area contributed by atoms with Gasteiger partial charge < -0.3 is 29.5 Å². The minimum Gasteiger partial charge on any atom is -0.384 e. The number of benzene rings is 2. The molecule has 0 unspecified atom stereocenters. The van der Waals surface area contributed by atoms with Crippen molar-refractivity contribution in [2.45, 2.75) is 257 Å². The van der Waals surface area contributed by atoms with Gasteiger partial charge in [0.25, 0.3) is 0 Å². The highest BCUT2D eigenvalue weighted by atomic mass is 79.9. The number of alkyl halides is 10. The van der Waals surface area contributed by atoms with Gasteiger partial charge in [0.1, 0.15) is 29.9 Å². The number of methoxy groups -OCH3 is 3. The standard InChI is InChI=1S/2C29H36F5N3O3.C23H34BrF3O3.C5H4N4.2CH4.2F2.FH/c1-26-10-9-19-17(4-3-16-13-28(39,29(32,33)34)12-11-27(16,19)15-40-2)18(26)5-6-20(26)23(38)14-37-22-8-7-21(30)24(31)25(22)35-36-37;1-26-10-9-19-17(4-3-16-13-28(39,29(32,33)34)12-11-27(16,19)15-40-2)18(26)5-6-20(26)23(38)14-37-35-22-8-7-21(30)24(31)25(22)36-37;1-20-8-7-17-15(16(20)5-6-18(20)19(28)12-24)4-3-14-11-22(29,23(25,26)27)10-9-21(14,17)13-30-2;1-2-7-5-4(6-1)3-8-9-5;;;2*1-2;/h2*7-8,16-20,39H,3-6,9-15H2,1-2H3;14-18,29H,3-13H2,1-2H3;1-3H,(H,7,8,9);2*1H4;;;1H/t2*16-,17+,18+,19+,20-,26+,27-,28-;14-,15+,16+,17+,18-,20+,21-,22-;;;;;;/m111....../s1. The number of nitrogens with zero attached hydrogens (tertiary/aromatic N) is 9. The third kappa shape index (κ3) is 17.5. The second-order valence-electron chi connectivity index (χ2n) is 38.8. The first-order valence-electron chi connectivity index (χ1n) is 42.9. The van der Waals surface area contributed by atoms with Crippen LogP contribution in [0.3, 0.4) is 0 Å². The second kappa shape index (κ2) is 38.5. The van der Waals surface area contributed by atoms with Gasteiger partial charge in [-0.25, -0.2) is 32.2 Å². The Kier molecular flexibility index (Phi) is 31.2. The van der Waals surface area contributed by atoms with Crippen molar-refractivity contribution < 1.29 is 124 Å². The third-order valence-electron chi connectivity index (χ3n) is 34.1. The van der Waals surface area contributed by atoms with Crippen LogP contribution in [0.5, 0.6) is 0 Å². The van der Waals surface area contributed by atoms with Gasteiger partial charge in [0.2, 0.25) is 0 Å². The van der Waals surface area contributed by atoms with Crippen molar-refractivity contribution in [3.05, 3.63) is 66.1 Å². The predicted molar refractivity (Wildman–Crippen MR) is 433 cm³/mol. The van der Waals surface area contributed by atoms with Crippen molar-refractivity contribution in [1.82, 2.24) is 50.2 Å². The van der Waals surface area contributed by atoms with Crippen LogP contribution in [0.25, 0.3) is 33.2 Å². The second-order valence-corrected chi connectivity index (χ2v) is 39.4. The molecule has 12 fully saturated rings. The summed E-state index contributed by atoms with van der Waals surface area (Å²) in [6.45, 7) is 7.67. The van der Waals surface area contributed by atoms with Crippen LogP contribution < -0.4 is 0 Å². The van der Waals surface area contributed by atoms with Gasteiger partial charge in [-0.1, -0.05) is 56.8 Å². The summed E-state index contributed by atoms with van der Waals surface area (Å²) < 4.78 is 229. The zero-order valence-corrected chi connectivity index (χ0v) is 71.6. The highest BCUT2D eigenvalue weighted by Gasteiger charge is 2.71. The zero-order valence-electron chi connectivity index (χ0n) is 70.1. The molecule has 12 saturated carbocycles. The number of H-pyrrole nitrogens is 1. The van der Waals surface area contributed by atoms with Crippen molar-refractivity contribution in [3.8, 4) is 0 Å². The van der Waals surface area contributed by atoms with Gasteiger partial charge in [-0.15, -0.1) is 10.2 Å². The first-order valence-corrected chi connectivity index (χ1v) is 44.0. The molecule has 18 rings (SSSR count). The molecule has 38 heteroatoms. The molecule has 126 heavy (non-hydrogen) atoms. The van der Waals surface area contributed by atoms with E-state index in [1.54, 1.807) is 39.9 Å². The van der Waals surface area contributed by atoms with Crippen molar-refractivity contribution in [2.75, 3.05) is 46.5 Å². The van der Waals surface area contributed by atoms with E-state index in [0.29, 0.717) is 87.2 Å². The van der Waals surface area contributed by atoms with Crippen LogP contribution in [0.1, 0.15) is 209 Å². The van der Waals surface area contributed by atoms with Gasteiger partial charge >= 0.3 is 18.5 Å². The van der Waals surface area contributed by atoms with E-state index >= 15 is 0 Å². The van der Waals surface area contributed by atoms with E-state index in [9.17, 15) is 86.8 Å². The minimum atomic E-state index is -4.65. The molecular weight excluding hydrogens is 1760 g/mol. The molecule has 24 atom stereocenters. The van der Waals surface area contributed by atoms with Crippen LogP contribution in [0.15, 0.2) is 42.9 Å². The maximum absolute atomic E-state index is 14.1. The first kappa shape index (κ1) is 102. The normalized spacial score (nSPS) is 37.5. The van der Waals surface area contributed by atoms with Crippen LogP contribution in [-0.4, -0.2) is 165 Å². The van der Waals surface area contributed by atoms with E-state index in [1.807, 2.05) is 0 Å². The molecular formula is C88H119BrF18N10O9. The Morgan fingerprint density at radius 3 is 1.25 bits per heavy atom.